The molecule has 1 aliphatic heterocycles. The molecule has 2 amide bonds. The van der Waals surface area contributed by atoms with Gasteiger partial charge in [0.1, 0.15) is 5.82 Å². The molecule has 22 heavy (non-hydrogen) atoms. The van der Waals surface area contributed by atoms with Gasteiger partial charge < -0.3 is 20.3 Å². The number of nitrogens with one attached hydrogen (secondary N) is 2. The summed E-state index contributed by atoms with van der Waals surface area (Å²) in [5.74, 6) is 1.30. The number of hydrogen-bond donors (Lipinski definition) is 2. The zero-order valence-corrected chi connectivity index (χ0v) is 13.6. The lowest BCUT2D eigenvalue weighted by Crippen LogP contribution is -2.67. The van der Waals surface area contributed by atoms with Gasteiger partial charge in [-0.1, -0.05) is 13.8 Å². The lowest BCUT2D eigenvalue weighted by atomic mass is 9.57. The first-order valence-corrected chi connectivity index (χ1v) is 7.72. The van der Waals surface area contributed by atoms with Crippen LogP contribution in [0.1, 0.15) is 20.3 Å². The Bertz CT molecular complexity index is 556. The third-order valence-electron chi connectivity index (χ3n) is 4.85. The van der Waals surface area contributed by atoms with Crippen LogP contribution in [0.4, 0.5) is 16.3 Å². The van der Waals surface area contributed by atoms with E-state index in [0.717, 1.165) is 18.8 Å². The first-order valence-electron chi connectivity index (χ1n) is 7.72. The van der Waals surface area contributed by atoms with Gasteiger partial charge in [-0.15, -0.1) is 0 Å². The van der Waals surface area contributed by atoms with Crippen molar-refractivity contribution in [2.45, 2.75) is 32.4 Å². The summed E-state index contributed by atoms with van der Waals surface area (Å²) in [7, 11) is 3.86. The third kappa shape index (κ3) is 2.52. The minimum absolute atomic E-state index is 0.00840. The number of amides is 2. The van der Waals surface area contributed by atoms with Gasteiger partial charge in [0.05, 0.1) is 18.0 Å². The Hall–Kier alpha value is -1.82. The molecule has 0 unspecified atom stereocenters. The van der Waals surface area contributed by atoms with Gasteiger partial charge in [-0.25, -0.2) is 9.78 Å². The number of urea groups is 1. The Balaban J connectivity index is 1.58. The molecule has 2 N–H and O–H groups in total. The van der Waals surface area contributed by atoms with E-state index in [4.69, 9.17) is 4.74 Å². The van der Waals surface area contributed by atoms with Crippen LogP contribution in [0.2, 0.25) is 0 Å². The van der Waals surface area contributed by atoms with Crippen molar-refractivity contribution < 1.29 is 9.53 Å². The van der Waals surface area contributed by atoms with E-state index in [9.17, 15) is 4.79 Å². The van der Waals surface area contributed by atoms with Crippen molar-refractivity contribution >= 4 is 17.5 Å². The minimum atomic E-state index is -0.178. The Morgan fingerprint density at radius 2 is 2.18 bits per heavy atom. The summed E-state index contributed by atoms with van der Waals surface area (Å²) in [5, 5.41) is 5.95. The Morgan fingerprint density at radius 3 is 2.82 bits per heavy atom. The normalized spacial score (nSPS) is 28.5. The lowest BCUT2D eigenvalue weighted by Gasteiger charge is -2.54. The molecule has 3 rings (SSSR count). The van der Waals surface area contributed by atoms with Crippen molar-refractivity contribution in [2.24, 2.45) is 11.3 Å². The Labute approximate surface area is 131 Å². The first-order chi connectivity index (χ1) is 10.4. The van der Waals surface area contributed by atoms with Crippen LogP contribution in [0.3, 0.4) is 0 Å². The van der Waals surface area contributed by atoms with Gasteiger partial charge in [-0.05, 0) is 18.6 Å². The number of fused-ring (bicyclic) bond motifs is 1. The summed E-state index contributed by atoms with van der Waals surface area (Å²) in [6, 6.07) is 3.72. The molecule has 2 fully saturated rings. The highest BCUT2D eigenvalue weighted by Gasteiger charge is 2.59. The molecule has 3 atom stereocenters. The average molecular weight is 304 g/mol. The molecule has 1 aromatic rings. The van der Waals surface area contributed by atoms with Crippen molar-refractivity contribution in [3.63, 3.8) is 0 Å². The van der Waals surface area contributed by atoms with Crippen LogP contribution in [-0.2, 0) is 4.74 Å². The van der Waals surface area contributed by atoms with Crippen LogP contribution in [0.25, 0.3) is 0 Å². The smallest absolute Gasteiger partial charge is 0.319 e. The quantitative estimate of drug-likeness (QED) is 0.897. The second-order valence-corrected chi connectivity index (χ2v) is 6.94. The number of ether oxygens (including phenoxy) is 1. The highest BCUT2D eigenvalue weighted by atomic mass is 16.5. The van der Waals surface area contributed by atoms with Crippen LogP contribution < -0.4 is 15.5 Å². The highest BCUT2D eigenvalue weighted by Crippen LogP contribution is 2.52. The molecular formula is C16H24N4O2. The maximum absolute atomic E-state index is 12.2. The predicted molar refractivity (Wildman–Crippen MR) is 86.1 cm³/mol. The topological polar surface area (TPSA) is 66.5 Å². The summed E-state index contributed by atoms with van der Waals surface area (Å²) in [5.41, 5.74) is 0.686. The molecule has 6 heteroatoms. The fraction of sp³-hybridized carbons (Fsp3) is 0.625. The minimum Gasteiger partial charge on any atom is -0.377 e. The zero-order chi connectivity index (χ0) is 15.9. The molecule has 2 aliphatic rings. The maximum atomic E-state index is 12.2. The standard InChI is InChI=1S/C16H24N4O2/c1-16(2)13(11-7-8-22-14(11)16)19-15(21)18-10-5-6-12(17-9-10)20(3)4/h5-6,9,11,13-14H,7-8H2,1-4H3,(H2,18,19,21)/t11-,13-,14-/m1/s1. The van der Waals surface area contributed by atoms with E-state index in [0.29, 0.717) is 11.6 Å². The fourth-order valence-corrected chi connectivity index (χ4v) is 3.65. The van der Waals surface area contributed by atoms with Gasteiger partial charge >= 0.3 is 6.03 Å². The molecule has 2 heterocycles. The van der Waals surface area contributed by atoms with Crippen LogP contribution in [0.15, 0.2) is 18.3 Å². The number of hydrogen-bond acceptors (Lipinski definition) is 4. The molecular weight excluding hydrogens is 280 g/mol. The molecule has 1 aliphatic carbocycles. The number of carbonyl (C=O) groups excluding carboxylic acids is 1. The largest absolute Gasteiger partial charge is 0.377 e. The number of aromatic nitrogens is 1. The van der Waals surface area contributed by atoms with Crippen molar-refractivity contribution in [1.29, 1.82) is 0 Å². The van der Waals surface area contributed by atoms with E-state index >= 15 is 0 Å². The second-order valence-electron chi connectivity index (χ2n) is 6.94. The number of carbonyl (C=O) groups is 1. The molecule has 1 saturated carbocycles. The van der Waals surface area contributed by atoms with Gasteiger partial charge in [-0.2, -0.15) is 0 Å². The second kappa shape index (κ2) is 5.43. The monoisotopic (exact) mass is 304 g/mol. The van der Waals surface area contributed by atoms with Crippen molar-refractivity contribution in [2.75, 3.05) is 30.9 Å². The van der Waals surface area contributed by atoms with Crippen LogP contribution >= 0.6 is 0 Å². The summed E-state index contributed by atoms with van der Waals surface area (Å²) in [6.45, 7) is 5.10. The van der Waals surface area contributed by atoms with Gasteiger partial charge in [0.25, 0.3) is 0 Å². The third-order valence-corrected chi connectivity index (χ3v) is 4.85. The molecule has 1 saturated heterocycles. The number of pyridine rings is 1. The maximum Gasteiger partial charge on any atom is 0.319 e. The van der Waals surface area contributed by atoms with E-state index in [1.807, 2.05) is 31.1 Å². The van der Waals surface area contributed by atoms with E-state index < -0.39 is 0 Å². The van der Waals surface area contributed by atoms with Gasteiger partial charge in [0.15, 0.2) is 0 Å². The van der Waals surface area contributed by atoms with Crippen molar-refractivity contribution in [1.82, 2.24) is 10.3 Å². The van der Waals surface area contributed by atoms with E-state index in [1.165, 1.54) is 0 Å². The molecule has 0 aromatic carbocycles. The first kappa shape index (κ1) is 15.1. The Morgan fingerprint density at radius 1 is 1.41 bits per heavy atom. The van der Waals surface area contributed by atoms with Crippen LogP contribution in [0.5, 0.6) is 0 Å². The highest BCUT2D eigenvalue weighted by molar-refractivity contribution is 5.89. The van der Waals surface area contributed by atoms with Crippen molar-refractivity contribution in [3.8, 4) is 0 Å². The molecule has 0 bridgehead atoms. The molecule has 0 radical (unpaired) electrons. The van der Waals surface area contributed by atoms with Crippen LogP contribution in [-0.4, -0.2) is 43.9 Å². The zero-order valence-electron chi connectivity index (χ0n) is 13.6. The lowest BCUT2D eigenvalue weighted by molar-refractivity contribution is -0.107. The summed E-state index contributed by atoms with van der Waals surface area (Å²) >= 11 is 0. The Kier molecular flexibility index (Phi) is 3.72. The molecule has 120 valence electrons. The summed E-state index contributed by atoms with van der Waals surface area (Å²) in [6.07, 6.45) is 2.97. The van der Waals surface area contributed by atoms with Crippen molar-refractivity contribution in [3.05, 3.63) is 18.3 Å². The summed E-state index contributed by atoms with van der Waals surface area (Å²) < 4.78 is 5.75. The van der Waals surface area contributed by atoms with E-state index in [1.54, 1.807) is 6.20 Å². The SMILES string of the molecule is CN(C)c1ccc(NC(=O)N[C@@H]2[C@H]3CCO[C@H]3C2(C)C)cn1. The molecule has 1 aromatic heterocycles. The van der Waals surface area contributed by atoms with E-state index in [2.05, 4.69) is 29.5 Å². The summed E-state index contributed by atoms with van der Waals surface area (Å²) in [4.78, 5) is 18.4. The van der Waals surface area contributed by atoms with Gasteiger partial charge in [-0.3, -0.25) is 0 Å². The fourth-order valence-electron chi connectivity index (χ4n) is 3.65. The van der Waals surface area contributed by atoms with Gasteiger partial charge in [0.2, 0.25) is 0 Å². The van der Waals surface area contributed by atoms with Crippen LogP contribution in [0, 0.1) is 11.3 Å². The predicted octanol–water partition coefficient (Wildman–Crippen LogP) is 2.08. The number of nitrogens with zero attached hydrogens (tertiary/aromatic N) is 2. The molecule has 0 spiro atoms. The average Bonchev–Trinajstić information content (AvgIpc) is 2.92. The molecule has 6 nitrogen and oxygen atoms in total. The number of rotatable bonds is 3. The van der Waals surface area contributed by atoms with Gasteiger partial charge in [0, 0.05) is 38.1 Å². The number of anilines is 2. The van der Waals surface area contributed by atoms with E-state index in [-0.39, 0.29) is 23.6 Å².